The van der Waals surface area contributed by atoms with Crippen molar-refractivity contribution in [2.45, 2.75) is 31.4 Å². The number of carbonyl (C=O) groups is 1. The predicted octanol–water partition coefficient (Wildman–Crippen LogP) is 1.21. The number of amides is 1. The predicted molar refractivity (Wildman–Crippen MR) is 75.0 cm³/mol. The number of carbonyl (C=O) groups excluding carboxylic acids is 1. The van der Waals surface area contributed by atoms with Gasteiger partial charge in [-0.1, -0.05) is 12.1 Å². The normalized spacial score (nSPS) is 22.8. The Morgan fingerprint density at radius 1 is 1.45 bits per heavy atom. The summed E-state index contributed by atoms with van der Waals surface area (Å²) in [7, 11) is 1.63. The van der Waals surface area contributed by atoms with Crippen LogP contribution in [0.2, 0.25) is 0 Å². The minimum absolute atomic E-state index is 0.0257. The minimum atomic E-state index is -0.789. The second kappa shape index (κ2) is 5.89. The molecule has 0 aliphatic carbocycles. The average Bonchev–Trinajstić information content (AvgIpc) is 2.86. The topological polar surface area (TPSA) is 50.4 Å². The number of halogens is 1. The summed E-state index contributed by atoms with van der Waals surface area (Å²) in [6.07, 6.45) is -0.0257. The molecule has 2 N–H and O–H groups in total. The van der Waals surface area contributed by atoms with Crippen LogP contribution in [0.4, 0.5) is 4.39 Å². The number of ether oxygens (including phenoxy) is 1. The molecule has 1 fully saturated rings. The first-order valence-electron chi connectivity index (χ1n) is 6.75. The van der Waals surface area contributed by atoms with Gasteiger partial charge in [0.2, 0.25) is 5.91 Å². The largest absolute Gasteiger partial charge is 0.378 e. The standard InChI is InChI=1S/C15H21FN2O2/c1-15(2,10-5-4-6-11(16)7-10)14(19)18-12-8-17-9-13(12)20-3/h4-7,12-13,17H,8-9H2,1-3H3,(H,18,19)/t12-,13+/m1/s1. The Kier molecular flexibility index (Phi) is 4.40. The van der Waals surface area contributed by atoms with Crippen LogP contribution in [0.15, 0.2) is 24.3 Å². The fourth-order valence-electron chi connectivity index (χ4n) is 2.40. The molecule has 2 rings (SSSR count). The maximum Gasteiger partial charge on any atom is 0.230 e. The first kappa shape index (κ1) is 14.9. The molecule has 0 bridgehead atoms. The fraction of sp³-hybridized carbons (Fsp3) is 0.533. The van der Waals surface area contributed by atoms with Crippen molar-refractivity contribution in [1.82, 2.24) is 10.6 Å². The number of methoxy groups -OCH3 is 1. The molecule has 0 aromatic heterocycles. The zero-order valence-electron chi connectivity index (χ0n) is 12.1. The van der Waals surface area contributed by atoms with E-state index in [-0.39, 0.29) is 23.9 Å². The molecule has 0 unspecified atom stereocenters. The summed E-state index contributed by atoms with van der Waals surface area (Å²) in [4.78, 5) is 12.5. The van der Waals surface area contributed by atoms with E-state index in [9.17, 15) is 9.18 Å². The summed E-state index contributed by atoms with van der Waals surface area (Å²) in [6.45, 7) is 4.99. The maximum atomic E-state index is 13.3. The second-order valence-corrected chi connectivity index (χ2v) is 5.65. The highest BCUT2D eigenvalue weighted by Gasteiger charge is 2.35. The summed E-state index contributed by atoms with van der Waals surface area (Å²) >= 11 is 0. The summed E-state index contributed by atoms with van der Waals surface area (Å²) < 4.78 is 18.6. The lowest BCUT2D eigenvalue weighted by Crippen LogP contribution is -2.50. The van der Waals surface area contributed by atoms with E-state index in [2.05, 4.69) is 10.6 Å². The second-order valence-electron chi connectivity index (χ2n) is 5.65. The van der Waals surface area contributed by atoms with Crippen molar-refractivity contribution >= 4 is 5.91 Å². The van der Waals surface area contributed by atoms with Gasteiger partial charge in [0.15, 0.2) is 0 Å². The van der Waals surface area contributed by atoms with Crippen LogP contribution in [0, 0.1) is 5.82 Å². The van der Waals surface area contributed by atoms with Gasteiger partial charge in [-0.2, -0.15) is 0 Å². The molecular formula is C15H21FN2O2. The Bertz CT molecular complexity index is 491. The van der Waals surface area contributed by atoms with Crippen LogP contribution >= 0.6 is 0 Å². The van der Waals surface area contributed by atoms with E-state index in [1.165, 1.54) is 12.1 Å². The average molecular weight is 280 g/mol. The zero-order valence-corrected chi connectivity index (χ0v) is 12.1. The summed E-state index contributed by atoms with van der Waals surface area (Å²) in [5.74, 6) is -0.459. The SMILES string of the molecule is CO[C@H]1CNC[C@H]1NC(=O)C(C)(C)c1cccc(F)c1. The third kappa shape index (κ3) is 2.99. The van der Waals surface area contributed by atoms with Crippen LogP contribution in [0.3, 0.4) is 0 Å². The highest BCUT2D eigenvalue weighted by Crippen LogP contribution is 2.24. The molecule has 0 spiro atoms. The van der Waals surface area contributed by atoms with E-state index >= 15 is 0 Å². The maximum absolute atomic E-state index is 13.3. The Morgan fingerprint density at radius 2 is 2.20 bits per heavy atom. The number of nitrogens with one attached hydrogen (secondary N) is 2. The van der Waals surface area contributed by atoms with Crippen LogP contribution in [-0.4, -0.2) is 38.3 Å². The Morgan fingerprint density at radius 3 is 2.85 bits per heavy atom. The molecule has 1 saturated heterocycles. The van der Waals surface area contributed by atoms with Gasteiger partial charge in [0.05, 0.1) is 17.6 Å². The molecule has 1 aliphatic rings. The zero-order chi connectivity index (χ0) is 14.8. The molecule has 4 nitrogen and oxygen atoms in total. The smallest absolute Gasteiger partial charge is 0.230 e. The number of hydrogen-bond acceptors (Lipinski definition) is 3. The van der Waals surface area contributed by atoms with Gasteiger partial charge in [-0.3, -0.25) is 4.79 Å². The van der Waals surface area contributed by atoms with E-state index in [0.717, 1.165) is 6.54 Å². The van der Waals surface area contributed by atoms with Crippen LogP contribution in [-0.2, 0) is 14.9 Å². The fourth-order valence-corrected chi connectivity index (χ4v) is 2.40. The van der Waals surface area contributed by atoms with Crippen molar-refractivity contribution in [3.8, 4) is 0 Å². The van der Waals surface area contributed by atoms with Crippen molar-refractivity contribution in [2.24, 2.45) is 0 Å². The number of hydrogen-bond donors (Lipinski definition) is 2. The van der Waals surface area contributed by atoms with Gasteiger partial charge in [0.25, 0.3) is 0 Å². The molecule has 1 aliphatic heterocycles. The molecule has 5 heteroatoms. The lowest BCUT2D eigenvalue weighted by molar-refractivity contribution is -0.127. The Labute approximate surface area is 118 Å². The Hall–Kier alpha value is -1.46. The van der Waals surface area contributed by atoms with Gasteiger partial charge in [-0.05, 0) is 31.5 Å². The lowest BCUT2D eigenvalue weighted by Gasteiger charge is -2.28. The van der Waals surface area contributed by atoms with Crippen molar-refractivity contribution in [3.63, 3.8) is 0 Å². The molecule has 2 atom stereocenters. The quantitative estimate of drug-likeness (QED) is 0.871. The first-order valence-corrected chi connectivity index (χ1v) is 6.75. The minimum Gasteiger partial charge on any atom is -0.378 e. The van der Waals surface area contributed by atoms with E-state index < -0.39 is 5.41 Å². The van der Waals surface area contributed by atoms with Crippen LogP contribution in [0.1, 0.15) is 19.4 Å². The van der Waals surface area contributed by atoms with Crippen LogP contribution in [0.25, 0.3) is 0 Å². The van der Waals surface area contributed by atoms with E-state index in [1.807, 2.05) is 0 Å². The van der Waals surface area contributed by atoms with Crippen LogP contribution in [0.5, 0.6) is 0 Å². The van der Waals surface area contributed by atoms with Gasteiger partial charge >= 0.3 is 0 Å². The van der Waals surface area contributed by atoms with Crippen molar-refractivity contribution in [2.75, 3.05) is 20.2 Å². The Balaban J connectivity index is 2.11. The van der Waals surface area contributed by atoms with Gasteiger partial charge in [0, 0.05) is 20.2 Å². The third-order valence-corrected chi connectivity index (χ3v) is 3.89. The first-order chi connectivity index (χ1) is 9.45. The van der Waals surface area contributed by atoms with E-state index in [4.69, 9.17) is 4.74 Å². The van der Waals surface area contributed by atoms with Gasteiger partial charge in [-0.25, -0.2) is 4.39 Å². The number of benzene rings is 1. The molecular weight excluding hydrogens is 259 g/mol. The monoisotopic (exact) mass is 280 g/mol. The van der Waals surface area contributed by atoms with E-state index in [0.29, 0.717) is 12.1 Å². The van der Waals surface area contributed by atoms with Crippen molar-refractivity contribution in [3.05, 3.63) is 35.6 Å². The number of rotatable bonds is 4. The molecule has 1 aromatic carbocycles. The van der Waals surface area contributed by atoms with Crippen molar-refractivity contribution in [1.29, 1.82) is 0 Å². The van der Waals surface area contributed by atoms with Gasteiger partial charge < -0.3 is 15.4 Å². The molecule has 20 heavy (non-hydrogen) atoms. The third-order valence-electron chi connectivity index (χ3n) is 3.89. The highest BCUT2D eigenvalue weighted by atomic mass is 19.1. The molecule has 110 valence electrons. The highest BCUT2D eigenvalue weighted by molar-refractivity contribution is 5.87. The molecule has 1 heterocycles. The van der Waals surface area contributed by atoms with Crippen molar-refractivity contribution < 1.29 is 13.9 Å². The van der Waals surface area contributed by atoms with E-state index in [1.54, 1.807) is 33.1 Å². The molecule has 1 amide bonds. The van der Waals surface area contributed by atoms with Gasteiger partial charge in [0.1, 0.15) is 5.82 Å². The summed E-state index contributed by atoms with van der Waals surface area (Å²) in [6, 6.07) is 6.11. The summed E-state index contributed by atoms with van der Waals surface area (Å²) in [5.41, 5.74) is -0.127. The molecule has 1 aromatic rings. The lowest BCUT2D eigenvalue weighted by atomic mass is 9.83. The van der Waals surface area contributed by atoms with Gasteiger partial charge in [-0.15, -0.1) is 0 Å². The molecule has 0 saturated carbocycles. The summed E-state index contributed by atoms with van der Waals surface area (Å²) in [5, 5.41) is 6.17. The molecule has 0 radical (unpaired) electrons. The van der Waals surface area contributed by atoms with Crippen LogP contribution < -0.4 is 10.6 Å².